The Morgan fingerprint density at radius 3 is 2.78 bits per heavy atom. The van der Waals surface area contributed by atoms with Gasteiger partial charge in [0, 0.05) is 27.2 Å². The van der Waals surface area contributed by atoms with Crippen LogP contribution in [0.2, 0.25) is 10.0 Å². The summed E-state index contributed by atoms with van der Waals surface area (Å²) in [5.41, 5.74) is 2.63. The quantitative estimate of drug-likeness (QED) is 0.583. The molecule has 0 saturated carbocycles. The van der Waals surface area contributed by atoms with E-state index in [9.17, 15) is 4.39 Å². The van der Waals surface area contributed by atoms with E-state index in [1.54, 1.807) is 30.5 Å². The van der Waals surface area contributed by atoms with Crippen LogP contribution < -0.4 is 4.74 Å². The Morgan fingerprint density at radius 2 is 2.00 bits per heavy atom. The van der Waals surface area contributed by atoms with E-state index in [2.05, 4.69) is 9.88 Å². The smallest absolute Gasteiger partial charge is 0.146 e. The van der Waals surface area contributed by atoms with Crippen LogP contribution >= 0.6 is 23.2 Å². The molecule has 1 aliphatic carbocycles. The van der Waals surface area contributed by atoms with Crippen molar-refractivity contribution in [3.8, 4) is 5.75 Å². The lowest BCUT2D eigenvalue weighted by molar-refractivity contribution is 0.0392. The molecule has 0 radical (unpaired) electrons. The van der Waals surface area contributed by atoms with Gasteiger partial charge in [0.25, 0.3) is 0 Å². The Morgan fingerprint density at radius 1 is 1.15 bits per heavy atom. The van der Waals surface area contributed by atoms with Crippen molar-refractivity contribution in [3.63, 3.8) is 0 Å². The topological polar surface area (TPSA) is 25.4 Å². The van der Waals surface area contributed by atoms with Gasteiger partial charge in [0.1, 0.15) is 23.2 Å². The van der Waals surface area contributed by atoms with E-state index in [-0.39, 0.29) is 18.0 Å². The number of likely N-dealkylation sites (tertiary alicyclic amines) is 1. The summed E-state index contributed by atoms with van der Waals surface area (Å²) in [6, 6.07) is 10.4. The van der Waals surface area contributed by atoms with Gasteiger partial charge in [-0.25, -0.2) is 4.39 Å². The first-order valence-electron chi connectivity index (χ1n) is 9.03. The van der Waals surface area contributed by atoms with Crippen molar-refractivity contribution in [1.82, 2.24) is 9.88 Å². The predicted octanol–water partition coefficient (Wildman–Crippen LogP) is 5.43. The number of ether oxygens (including phenoxy) is 1. The molecule has 2 aromatic carbocycles. The first-order chi connectivity index (χ1) is 13.1. The van der Waals surface area contributed by atoms with Gasteiger partial charge in [-0.05, 0) is 67.9 Å². The first kappa shape index (κ1) is 17.2. The maximum absolute atomic E-state index is 14.2. The lowest BCUT2D eigenvalue weighted by Gasteiger charge is -2.39. The summed E-state index contributed by atoms with van der Waals surface area (Å²) in [5, 5.41) is 1.73. The van der Waals surface area contributed by atoms with Gasteiger partial charge in [-0.1, -0.05) is 23.2 Å². The third kappa shape index (κ3) is 2.87. The lowest BCUT2D eigenvalue weighted by atomic mass is 10.0. The molecule has 2 atom stereocenters. The molecule has 1 saturated heterocycles. The number of aromatic nitrogens is 1. The van der Waals surface area contributed by atoms with Crippen molar-refractivity contribution < 1.29 is 9.13 Å². The number of rotatable bonds is 3. The molecule has 0 N–H and O–H groups in total. The molecular weight excluding hydrogens is 386 g/mol. The third-order valence-corrected chi connectivity index (χ3v) is 6.11. The van der Waals surface area contributed by atoms with E-state index >= 15 is 0 Å². The molecule has 3 nitrogen and oxygen atoms in total. The van der Waals surface area contributed by atoms with Gasteiger partial charge in [0.15, 0.2) is 0 Å². The number of benzene rings is 2. The van der Waals surface area contributed by atoms with E-state index < -0.39 is 0 Å². The highest BCUT2D eigenvalue weighted by molar-refractivity contribution is 6.35. The molecule has 1 fully saturated rings. The van der Waals surface area contributed by atoms with Crippen molar-refractivity contribution in [2.24, 2.45) is 0 Å². The number of hydrogen-bond donors (Lipinski definition) is 0. The second kappa shape index (κ2) is 6.62. The normalized spacial score (nSPS) is 21.9. The summed E-state index contributed by atoms with van der Waals surface area (Å²) in [6.07, 6.45) is 3.45. The van der Waals surface area contributed by atoms with Crippen molar-refractivity contribution >= 4 is 34.1 Å². The predicted molar refractivity (Wildman–Crippen MR) is 105 cm³/mol. The molecule has 0 bridgehead atoms. The molecule has 1 aliphatic heterocycles. The van der Waals surface area contributed by atoms with Gasteiger partial charge in [-0.3, -0.25) is 9.88 Å². The Balaban J connectivity index is 1.60. The van der Waals surface area contributed by atoms with E-state index in [1.807, 2.05) is 6.07 Å². The van der Waals surface area contributed by atoms with Crippen LogP contribution in [0.1, 0.15) is 23.7 Å². The highest BCUT2D eigenvalue weighted by Crippen LogP contribution is 2.44. The number of hydrogen-bond acceptors (Lipinski definition) is 3. The summed E-state index contributed by atoms with van der Waals surface area (Å²) in [5.74, 6) is 0.272. The Kier molecular flexibility index (Phi) is 4.23. The molecular formula is C21H17Cl2FN2O. The number of fused-ring (bicyclic) bond motifs is 2. The van der Waals surface area contributed by atoms with Gasteiger partial charge in [-0.15, -0.1) is 0 Å². The largest absolute Gasteiger partial charge is 0.482 e. The van der Waals surface area contributed by atoms with Crippen LogP contribution in [0.4, 0.5) is 4.39 Å². The van der Waals surface area contributed by atoms with Gasteiger partial charge < -0.3 is 4.74 Å². The van der Waals surface area contributed by atoms with Crippen molar-refractivity contribution in [3.05, 3.63) is 69.6 Å². The van der Waals surface area contributed by atoms with Crippen LogP contribution in [0.3, 0.4) is 0 Å². The summed E-state index contributed by atoms with van der Waals surface area (Å²) in [6.45, 7) is 2.10. The zero-order chi connectivity index (χ0) is 18.5. The molecule has 2 aliphatic rings. The van der Waals surface area contributed by atoms with Crippen LogP contribution in [-0.4, -0.2) is 29.0 Å². The lowest BCUT2D eigenvalue weighted by Crippen LogP contribution is -2.48. The first-order valence-corrected chi connectivity index (χ1v) is 9.79. The average molecular weight is 403 g/mol. The van der Waals surface area contributed by atoms with E-state index in [0.717, 1.165) is 30.6 Å². The summed E-state index contributed by atoms with van der Waals surface area (Å²) in [7, 11) is 0. The molecule has 3 aromatic rings. The fourth-order valence-corrected chi connectivity index (χ4v) is 4.68. The second-order valence-corrected chi connectivity index (χ2v) is 7.94. The zero-order valence-electron chi connectivity index (χ0n) is 14.5. The monoisotopic (exact) mass is 402 g/mol. The maximum Gasteiger partial charge on any atom is 0.146 e. The van der Waals surface area contributed by atoms with Crippen LogP contribution in [0, 0.1) is 5.82 Å². The second-order valence-electron chi connectivity index (χ2n) is 7.10. The standard InChI is InChI=1S/C21H17Cl2FN2O/c22-12-9-15-14(16(23)10-12)11-18(26-7-2-8-26)21(15)27-19-5-4-17(24)13-3-1-6-25-20(13)19/h1,3-6,9-10,18,21H,2,7-8,11H2/t18-,21+/m1/s1. The van der Waals surface area contributed by atoms with Gasteiger partial charge in [-0.2, -0.15) is 0 Å². The number of pyridine rings is 1. The minimum Gasteiger partial charge on any atom is -0.482 e. The van der Waals surface area contributed by atoms with Crippen LogP contribution in [0.5, 0.6) is 5.75 Å². The Bertz CT molecular complexity index is 1040. The number of nitrogens with zero attached hydrogens (tertiary/aromatic N) is 2. The molecule has 138 valence electrons. The minimum absolute atomic E-state index is 0.188. The van der Waals surface area contributed by atoms with Crippen LogP contribution in [0.25, 0.3) is 10.9 Å². The molecule has 1 aromatic heterocycles. The highest BCUT2D eigenvalue weighted by atomic mass is 35.5. The van der Waals surface area contributed by atoms with Gasteiger partial charge in [0.05, 0.1) is 6.04 Å². The maximum atomic E-state index is 14.2. The Hall–Kier alpha value is -1.88. The molecule has 2 heterocycles. The number of halogens is 3. The van der Waals surface area contributed by atoms with Crippen molar-refractivity contribution in [1.29, 1.82) is 0 Å². The minimum atomic E-state index is -0.303. The molecule has 5 rings (SSSR count). The van der Waals surface area contributed by atoms with Gasteiger partial charge in [0.2, 0.25) is 0 Å². The third-order valence-electron chi connectivity index (χ3n) is 5.56. The van der Waals surface area contributed by atoms with Crippen molar-refractivity contribution in [2.75, 3.05) is 13.1 Å². The van der Waals surface area contributed by atoms with Crippen LogP contribution in [-0.2, 0) is 6.42 Å². The summed E-state index contributed by atoms with van der Waals surface area (Å²) >= 11 is 12.7. The van der Waals surface area contributed by atoms with E-state index in [0.29, 0.717) is 26.7 Å². The average Bonchev–Trinajstić information content (AvgIpc) is 2.95. The Labute approximate surface area is 166 Å². The molecule has 6 heteroatoms. The van der Waals surface area contributed by atoms with Crippen LogP contribution in [0.15, 0.2) is 42.6 Å². The highest BCUT2D eigenvalue weighted by Gasteiger charge is 2.41. The fourth-order valence-electron chi connectivity index (χ4n) is 4.09. The summed E-state index contributed by atoms with van der Waals surface area (Å²) in [4.78, 5) is 6.76. The molecule has 0 spiro atoms. The van der Waals surface area contributed by atoms with Crippen molar-refractivity contribution in [2.45, 2.75) is 25.0 Å². The SMILES string of the molecule is Fc1ccc(O[C@H]2c3cc(Cl)cc(Cl)c3C[C@H]2N2CCC2)c2ncccc12. The van der Waals surface area contributed by atoms with E-state index in [1.165, 1.54) is 12.5 Å². The molecule has 27 heavy (non-hydrogen) atoms. The van der Waals surface area contributed by atoms with Gasteiger partial charge >= 0.3 is 0 Å². The summed E-state index contributed by atoms with van der Waals surface area (Å²) < 4.78 is 20.6. The fraction of sp³-hybridized carbons (Fsp3) is 0.286. The zero-order valence-corrected chi connectivity index (χ0v) is 16.0. The van der Waals surface area contributed by atoms with E-state index in [4.69, 9.17) is 27.9 Å². The molecule has 0 amide bonds. The molecule has 0 unspecified atom stereocenters.